The van der Waals surface area contributed by atoms with Gasteiger partial charge in [0.15, 0.2) is 11.8 Å². The van der Waals surface area contributed by atoms with Crippen LogP contribution in [-0.2, 0) is 6.42 Å². The lowest BCUT2D eigenvalue weighted by Gasteiger charge is -2.12. The molecule has 0 aliphatic heterocycles. The Morgan fingerprint density at radius 1 is 1.47 bits per heavy atom. The summed E-state index contributed by atoms with van der Waals surface area (Å²) in [5.74, 6) is 0.0722. The maximum absolute atomic E-state index is 12.1. The van der Waals surface area contributed by atoms with E-state index in [9.17, 15) is 13.2 Å². The number of aromatic amines is 1. The number of aromatic nitrogens is 3. The van der Waals surface area contributed by atoms with Gasteiger partial charge in [-0.25, -0.2) is 9.97 Å². The Hall–Kier alpha value is -1.63. The fourth-order valence-electron chi connectivity index (χ4n) is 1.45. The van der Waals surface area contributed by atoms with Crippen molar-refractivity contribution in [1.29, 1.82) is 0 Å². The number of pyridine rings is 1. The highest BCUT2D eigenvalue weighted by atomic mass is 19.4. The molecule has 0 spiro atoms. The molecule has 0 radical (unpaired) electrons. The predicted molar refractivity (Wildman–Crippen MR) is 54.4 cm³/mol. The molecule has 0 aromatic carbocycles. The van der Waals surface area contributed by atoms with Crippen LogP contribution in [0.5, 0.6) is 0 Å². The average Bonchev–Trinajstić information content (AvgIpc) is 2.57. The number of aryl methyl sites for hydroxylation is 1. The van der Waals surface area contributed by atoms with Gasteiger partial charge in [0.2, 0.25) is 0 Å². The fraction of sp³-hybridized carbons (Fsp3) is 0.400. The van der Waals surface area contributed by atoms with Crippen molar-refractivity contribution in [2.75, 3.05) is 0 Å². The van der Waals surface area contributed by atoms with Crippen molar-refractivity contribution in [3.05, 3.63) is 23.7 Å². The van der Waals surface area contributed by atoms with Crippen LogP contribution < -0.4 is 0 Å². The predicted octanol–water partition coefficient (Wildman–Crippen LogP) is 1.73. The van der Waals surface area contributed by atoms with Crippen molar-refractivity contribution in [2.24, 2.45) is 0 Å². The highest BCUT2D eigenvalue weighted by Gasteiger charge is 2.38. The molecule has 0 aliphatic rings. The lowest BCUT2D eigenvalue weighted by atomic mass is 10.2. The summed E-state index contributed by atoms with van der Waals surface area (Å²) in [7, 11) is 0. The third-order valence-corrected chi connectivity index (χ3v) is 2.29. The lowest BCUT2D eigenvalue weighted by Crippen LogP contribution is -2.30. The molecular formula is C10H10F3N3O. The first-order valence-corrected chi connectivity index (χ1v) is 4.92. The molecule has 2 aromatic rings. The summed E-state index contributed by atoms with van der Waals surface area (Å²) >= 11 is 0. The monoisotopic (exact) mass is 245 g/mol. The summed E-state index contributed by atoms with van der Waals surface area (Å²) < 4.78 is 36.4. The van der Waals surface area contributed by atoms with Gasteiger partial charge in [-0.2, -0.15) is 13.2 Å². The van der Waals surface area contributed by atoms with E-state index in [-0.39, 0.29) is 5.82 Å². The first-order chi connectivity index (χ1) is 7.86. The van der Waals surface area contributed by atoms with Gasteiger partial charge >= 0.3 is 6.18 Å². The van der Waals surface area contributed by atoms with Crippen LogP contribution in [0.4, 0.5) is 13.2 Å². The lowest BCUT2D eigenvalue weighted by molar-refractivity contribution is -0.203. The zero-order valence-electron chi connectivity index (χ0n) is 8.91. The number of nitrogens with one attached hydrogen (secondary N) is 1. The minimum atomic E-state index is -4.64. The zero-order valence-corrected chi connectivity index (χ0v) is 8.91. The largest absolute Gasteiger partial charge is 0.414 e. The molecule has 2 rings (SSSR count). The average molecular weight is 245 g/mol. The van der Waals surface area contributed by atoms with Crippen LogP contribution >= 0.6 is 0 Å². The number of alkyl halides is 3. The molecule has 0 fully saturated rings. The summed E-state index contributed by atoms with van der Waals surface area (Å²) in [5, 5.41) is 8.91. The van der Waals surface area contributed by atoms with E-state index in [1.54, 1.807) is 12.3 Å². The van der Waals surface area contributed by atoms with Gasteiger partial charge in [0, 0.05) is 12.6 Å². The van der Waals surface area contributed by atoms with E-state index in [1.807, 2.05) is 6.92 Å². The molecule has 0 saturated heterocycles. The topological polar surface area (TPSA) is 61.8 Å². The Balaban J connectivity index is 2.25. The fourth-order valence-corrected chi connectivity index (χ4v) is 1.45. The van der Waals surface area contributed by atoms with Crippen LogP contribution in [-0.4, -0.2) is 32.3 Å². The molecule has 1 atom stereocenters. The molecule has 1 unspecified atom stereocenters. The highest BCUT2D eigenvalue weighted by Crippen LogP contribution is 2.22. The SMILES string of the molecule is Cc1cnc2nc(CC(O)C(F)(F)F)[nH]c2c1. The number of aliphatic hydroxyl groups excluding tert-OH is 1. The van der Waals surface area contributed by atoms with Gasteiger partial charge in [-0.1, -0.05) is 0 Å². The van der Waals surface area contributed by atoms with Crippen molar-refractivity contribution in [3.8, 4) is 0 Å². The summed E-state index contributed by atoms with van der Waals surface area (Å²) in [6, 6.07) is 1.73. The van der Waals surface area contributed by atoms with E-state index in [0.717, 1.165) is 5.56 Å². The molecule has 7 heteroatoms. The van der Waals surface area contributed by atoms with E-state index >= 15 is 0 Å². The Bertz CT molecular complexity index is 535. The quantitative estimate of drug-likeness (QED) is 0.847. The summed E-state index contributed by atoms with van der Waals surface area (Å²) in [4.78, 5) is 10.6. The smallest absolute Gasteiger partial charge is 0.383 e. The van der Waals surface area contributed by atoms with E-state index in [4.69, 9.17) is 5.11 Å². The normalized spacial score (nSPS) is 14.2. The number of hydrogen-bond acceptors (Lipinski definition) is 3. The summed E-state index contributed by atoms with van der Waals surface area (Å²) in [6.45, 7) is 1.82. The van der Waals surface area contributed by atoms with Crippen molar-refractivity contribution in [2.45, 2.75) is 25.6 Å². The maximum Gasteiger partial charge on any atom is 0.414 e. The molecule has 0 amide bonds. The first-order valence-electron chi connectivity index (χ1n) is 4.92. The number of rotatable bonds is 2. The third kappa shape index (κ3) is 2.55. The second-order valence-electron chi connectivity index (χ2n) is 3.83. The molecule has 92 valence electrons. The van der Waals surface area contributed by atoms with Crippen LogP contribution in [0, 0.1) is 6.92 Å². The Kier molecular flexibility index (Phi) is 2.78. The van der Waals surface area contributed by atoms with Gasteiger partial charge in [-0.15, -0.1) is 0 Å². The molecule has 2 aromatic heterocycles. The minimum Gasteiger partial charge on any atom is -0.383 e. The number of nitrogens with zero attached hydrogens (tertiary/aromatic N) is 2. The van der Waals surface area contributed by atoms with E-state index in [1.165, 1.54) is 0 Å². The van der Waals surface area contributed by atoms with Gasteiger partial charge in [-0.3, -0.25) is 0 Å². The molecule has 4 nitrogen and oxygen atoms in total. The van der Waals surface area contributed by atoms with Crippen molar-refractivity contribution >= 4 is 11.2 Å². The van der Waals surface area contributed by atoms with Gasteiger partial charge in [-0.05, 0) is 18.6 Å². The van der Waals surface area contributed by atoms with Crippen LogP contribution in [0.25, 0.3) is 11.2 Å². The number of imidazole rings is 1. The van der Waals surface area contributed by atoms with Gasteiger partial charge in [0.1, 0.15) is 5.82 Å². The van der Waals surface area contributed by atoms with Crippen molar-refractivity contribution < 1.29 is 18.3 Å². The molecule has 2 heterocycles. The standard InChI is InChI=1S/C10H10F3N3O/c1-5-2-6-9(14-4-5)16-8(15-6)3-7(17)10(11,12)13/h2,4,7,17H,3H2,1H3,(H,14,15,16). The third-order valence-electron chi connectivity index (χ3n) is 2.29. The maximum atomic E-state index is 12.1. The number of H-pyrrole nitrogens is 1. The van der Waals surface area contributed by atoms with E-state index in [0.29, 0.717) is 11.2 Å². The minimum absolute atomic E-state index is 0.0722. The van der Waals surface area contributed by atoms with Crippen molar-refractivity contribution in [1.82, 2.24) is 15.0 Å². The van der Waals surface area contributed by atoms with Gasteiger partial charge < -0.3 is 10.1 Å². The van der Waals surface area contributed by atoms with E-state index < -0.39 is 18.7 Å². The van der Waals surface area contributed by atoms with Gasteiger partial charge in [0.25, 0.3) is 0 Å². The number of fused-ring (bicyclic) bond motifs is 1. The second-order valence-corrected chi connectivity index (χ2v) is 3.83. The second kappa shape index (κ2) is 3.99. The number of aliphatic hydroxyl groups is 1. The van der Waals surface area contributed by atoms with Gasteiger partial charge in [0.05, 0.1) is 5.52 Å². The Labute approximate surface area is 94.5 Å². The zero-order chi connectivity index (χ0) is 12.6. The molecule has 17 heavy (non-hydrogen) atoms. The number of halogens is 3. The van der Waals surface area contributed by atoms with Crippen molar-refractivity contribution in [3.63, 3.8) is 0 Å². The summed E-state index contributed by atoms with van der Waals surface area (Å²) in [6.07, 6.45) is -6.07. The van der Waals surface area contributed by atoms with E-state index in [2.05, 4.69) is 15.0 Å². The summed E-state index contributed by atoms with van der Waals surface area (Å²) in [5.41, 5.74) is 1.79. The van der Waals surface area contributed by atoms with Crippen LogP contribution in [0.1, 0.15) is 11.4 Å². The molecule has 0 bridgehead atoms. The van der Waals surface area contributed by atoms with Crippen LogP contribution in [0.3, 0.4) is 0 Å². The molecule has 0 aliphatic carbocycles. The highest BCUT2D eigenvalue weighted by molar-refractivity contribution is 5.70. The number of hydrogen-bond donors (Lipinski definition) is 2. The molecule has 0 saturated carbocycles. The first kappa shape index (κ1) is 11.8. The molecule has 2 N–H and O–H groups in total. The van der Waals surface area contributed by atoms with Crippen LogP contribution in [0.2, 0.25) is 0 Å². The van der Waals surface area contributed by atoms with Crippen LogP contribution in [0.15, 0.2) is 12.3 Å². The Morgan fingerprint density at radius 3 is 2.82 bits per heavy atom. The molecular weight excluding hydrogens is 235 g/mol. The Morgan fingerprint density at radius 2 is 2.18 bits per heavy atom.